The Morgan fingerprint density at radius 3 is 1.02 bits per heavy atom. The molecule has 0 saturated carbocycles. The molecule has 0 unspecified atom stereocenters. The van der Waals surface area contributed by atoms with Crippen molar-refractivity contribution in [3.05, 3.63) is 165 Å². The van der Waals surface area contributed by atoms with Crippen molar-refractivity contribution in [2.45, 2.75) is 23.6 Å². The standard InChI is InChI=1S/C34H18F6O2/c35-33(36,37)21-13-9-19(10-14-21)29-17-27-28-18-30(20-11-15-22(16-12-20)34(38,39)40)42-32(28)24-6-2-1-5-23(24)31(27,41-29)25-7-3-4-8-26(25)32/h1-18H. The summed E-state index contributed by atoms with van der Waals surface area (Å²) in [4.78, 5) is 0. The minimum atomic E-state index is -4.47. The number of hydrogen-bond acceptors (Lipinski definition) is 2. The van der Waals surface area contributed by atoms with Crippen molar-refractivity contribution in [3.8, 4) is 0 Å². The molecule has 4 aromatic rings. The second-order valence-electron chi connectivity index (χ2n) is 10.7. The number of hydrogen-bond donors (Lipinski definition) is 0. The van der Waals surface area contributed by atoms with Gasteiger partial charge in [0.2, 0.25) is 0 Å². The van der Waals surface area contributed by atoms with Gasteiger partial charge in [-0.3, -0.25) is 0 Å². The Bertz CT molecular complexity index is 1710. The van der Waals surface area contributed by atoms with Gasteiger partial charge < -0.3 is 9.47 Å². The Balaban J connectivity index is 1.36. The van der Waals surface area contributed by atoms with Crippen LogP contribution in [-0.4, -0.2) is 0 Å². The molecule has 2 nitrogen and oxygen atoms in total. The van der Waals surface area contributed by atoms with Gasteiger partial charge in [-0.15, -0.1) is 0 Å². The predicted octanol–water partition coefficient (Wildman–Crippen LogP) is 8.98. The van der Waals surface area contributed by atoms with Gasteiger partial charge in [-0.1, -0.05) is 72.8 Å². The van der Waals surface area contributed by atoms with Gasteiger partial charge in [0, 0.05) is 44.5 Å². The number of benzene rings is 4. The van der Waals surface area contributed by atoms with Crippen LogP contribution < -0.4 is 0 Å². The molecule has 2 heterocycles. The fraction of sp³-hybridized carbons (Fsp3) is 0.118. The molecule has 0 amide bonds. The van der Waals surface area contributed by atoms with E-state index in [1.165, 1.54) is 24.3 Å². The van der Waals surface area contributed by atoms with E-state index in [9.17, 15) is 26.3 Å². The summed E-state index contributed by atoms with van der Waals surface area (Å²) >= 11 is 0. The summed E-state index contributed by atoms with van der Waals surface area (Å²) in [5, 5.41) is 0. The molecule has 0 aromatic heterocycles. The number of ether oxygens (including phenoxy) is 2. The van der Waals surface area contributed by atoms with Gasteiger partial charge in [0.05, 0.1) is 11.1 Å². The molecule has 4 aromatic carbocycles. The van der Waals surface area contributed by atoms with E-state index in [4.69, 9.17) is 9.47 Å². The lowest BCUT2D eigenvalue weighted by molar-refractivity contribution is -0.138. The molecule has 0 fully saturated rings. The monoisotopic (exact) mass is 572 g/mol. The van der Waals surface area contributed by atoms with Crippen molar-refractivity contribution in [1.29, 1.82) is 0 Å². The summed E-state index contributed by atoms with van der Waals surface area (Å²) in [5.41, 5.74) is 2.17. The van der Waals surface area contributed by atoms with E-state index in [0.29, 0.717) is 22.6 Å². The van der Waals surface area contributed by atoms with Crippen LogP contribution in [0.25, 0.3) is 11.5 Å². The van der Waals surface area contributed by atoms with Crippen LogP contribution in [0.15, 0.2) is 120 Å². The van der Waals surface area contributed by atoms with E-state index in [0.717, 1.165) is 57.7 Å². The first-order valence-electron chi connectivity index (χ1n) is 13.2. The quantitative estimate of drug-likeness (QED) is 0.223. The lowest BCUT2D eigenvalue weighted by atomic mass is 9.57. The molecule has 208 valence electrons. The lowest BCUT2D eigenvalue weighted by Crippen LogP contribution is -2.49. The zero-order valence-electron chi connectivity index (χ0n) is 21.5. The molecule has 2 aliphatic heterocycles. The maximum absolute atomic E-state index is 13.3. The van der Waals surface area contributed by atoms with E-state index < -0.39 is 34.7 Å². The molecular formula is C34H18F6O2. The Kier molecular flexibility index (Phi) is 4.75. The van der Waals surface area contributed by atoms with E-state index in [1.54, 1.807) is 0 Å². The first-order valence-corrected chi connectivity index (χ1v) is 13.2. The van der Waals surface area contributed by atoms with Gasteiger partial charge in [0.25, 0.3) is 0 Å². The molecule has 0 atom stereocenters. The molecule has 5 aliphatic rings. The van der Waals surface area contributed by atoms with E-state index in [-0.39, 0.29) is 0 Å². The SMILES string of the molecule is FC(F)(F)c1ccc(C2=CC3=C4C=C(c5ccc(C(F)(F)F)cc5)OC45c4ccccc4C3(O2)c2ccccc25)cc1. The minimum absolute atomic E-state index is 0.407. The Hall–Kier alpha value is -4.72. The van der Waals surface area contributed by atoms with E-state index in [1.807, 2.05) is 60.7 Å². The zero-order valence-corrected chi connectivity index (χ0v) is 21.5. The van der Waals surface area contributed by atoms with Crippen LogP contribution in [0.2, 0.25) is 0 Å². The van der Waals surface area contributed by atoms with Crippen LogP contribution in [-0.2, 0) is 33.0 Å². The maximum Gasteiger partial charge on any atom is 0.416 e. The summed E-state index contributed by atoms with van der Waals surface area (Å²) < 4.78 is 93.2. The molecule has 0 radical (unpaired) electrons. The number of alkyl halides is 6. The molecule has 0 N–H and O–H groups in total. The zero-order chi connectivity index (χ0) is 29.1. The van der Waals surface area contributed by atoms with Gasteiger partial charge in [0.15, 0.2) is 11.2 Å². The first kappa shape index (κ1) is 25.0. The highest BCUT2D eigenvalue weighted by Crippen LogP contribution is 2.68. The van der Waals surface area contributed by atoms with E-state index in [2.05, 4.69) is 0 Å². The molecule has 2 bridgehead atoms. The van der Waals surface area contributed by atoms with Crippen LogP contribution in [0.3, 0.4) is 0 Å². The van der Waals surface area contributed by atoms with E-state index >= 15 is 0 Å². The second-order valence-corrected chi connectivity index (χ2v) is 10.7. The Morgan fingerprint density at radius 2 is 0.738 bits per heavy atom. The van der Waals surface area contributed by atoms with Gasteiger partial charge in [-0.2, -0.15) is 26.3 Å². The summed E-state index contributed by atoms with van der Waals surface area (Å²) in [6.45, 7) is 0. The minimum Gasteiger partial charge on any atom is -0.472 e. The van der Waals surface area contributed by atoms with Crippen LogP contribution in [0.4, 0.5) is 26.3 Å². The third kappa shape index (κ3) is 3.12. The molecule has 0 saturated heterocycles. The fourth-order valence-corrected chi connectivity index (χ4v) is 6.72. The topological polar surface area (TPSA) is 18.5 Å². The summed E-state index contributed by atoms with van der Waals surface area (Å²) in [5.74, 6) is 0.815. The Labute approximate surface area is 235 Å². The highest BCUT2D eigenvalue weighted by atomic mass is 19.4. The smallest absolute Gasteiger partial charge is 0.416 e. The van der Waals surface area contributed by atoms with Gasteiger partial charge >= 0.3 is 12.4 Å². The lowest BCUT2D eigenvalue weighted by Gasteiger charge is -2.51. The van der Waals surface area contributed by atoms with Gasteiger partial charge in [-0.25, -0.2) is 0 Å². The summed E-state index contributed by atoms with van der Waals surface area (Å²) in [7, 11) is 0. The first-order chi connectivity index (χ1) is 20.0. The van der Waals surface area contributed by atoms with Crippen molar-refractivity contribution in [2.75, 3.05) is 0 Å². The molecule has 8 heteroatoms. The third-order valence-corrected chi connectivity index (χ3v) is 8.49. The Morgan fingerprint density at radius 1 is 0.429 bits per heavy atom. The highest BCUT2D eigenvalue weighted by molar-refractivity contribution is 5.85. The predicted molar refractivity (Wildman–Crippen MR) is 142 cm³/mol. The van der Waals surface area contributed by atoms with Crippen LogP contribution in [0.1, 0.15) is 44.5 Å². The molecule has 2 spiro atoms. The van der Waals surface area contributed by atoms with Crippen LogP contribution in [0, 0.1) is 0 Å². The van der Waals surface area contributed by atoms with Crippen LogP contribution >= 0.6 is 0 Å². The average Bonchev–Trinajstić information content (AvgIpc) is 3.58. The molecular weight excluding hydrogens is 554 g/mol. The maximum atomic E-state index is 13.3. The summed E-state index contributed by atoms with van der Waals surface area (Å²) in [6, 6.07) is 25.0. The van der Waals surface area contributed by atoms with Crippen molar-refractivity contribution >= 4 is 11.5 Å². The largest absolute Gasteiger partial charge is 0.472 e. The third-order valence-electron chi connectivity index (χ3n) is 8.49. The molecule has 3 aliphatic carbocycles. The normalized spacial score (nSPS) is 23.3. The van der Waals surface area contributed by atoms with Crippen molar-refractivity contribution in [3.63, 3.8) is 0 Å². The average molecular weight is 573 g/mol. The highest BCUT2D eigenvalue weighted by Gasteiger charge is 2.65. The van der Waals surface area contributed by atoms with Crippen molar-refractivity contribution in [2.24, 2.45) is 0 Å². The fourth-order valence-electron chi connectivity index (χ4n) is 6.72. The molecule has 9 rings (SSSR count). The summed E-state index contributed by atoms with van der Waals surface area (Å²) in [6.07, 6.45) is -5.25. The number of rotatable bonds is 2. The van der Waals surface area contributed by atoms with Crippen LogP contribution in [0.5, 0.6) is 0 Å². The van der Waals surface area contributed by atoms with Gasteiger partial charge in [-0.05, 0) is 36.4 Å². The number of halogens is 6. The van der Waals surface area contributed by atoms with Crippen molar-refractivity contribution < 1.29 is 35.8 Å². The van der Waals surface area contributed by atoms with Gasteiger partial charge in [0.1, 0.15) is 11.5 Å². The van der Waals surface area contributed by atoms with Crippen molar-refractivity contribution in [1.82, 2.24) is 0 Å². The molecule has 42 heavy (non-hydrogen) atoms. The second kappa shape index (κ2) is 7.97.